The van der Waals surface area contributed by atoms with Crippen LogP contribution in [0.3, 0.4) is 0 Å². The van der Waals surface area contributed by atoms with Gasteiger partial charge in [0.25, 0.3) is 0 Å². The summed E-state index contributed by atoms with van der Waals surface area (Å²) >= 11 is 12.1. The number of likely N-dealkylation sites (tertiary alicyclic amines) is 1. The van der Waals surface area contributed by atoms with Crippen molar-refractivity contribution in [2.45, 2.75) is 26.3 Å². The van der Waals surface area contributed by atoms with Gasteiger partial charge in [-0.2, -0.15) is 0 Å². The zero-order valence-electron chi connectivity index (χ0n) is 10.5. The predicted octanol–water partition coefficient (Wildman–Crippen LogP) is 3.79. The van der Waals surface area contributed by atoms with Crippen molar-refractivity contribution in [2.24, 2.45) is 5.92 Å². The van der Waals surface area contributed by atoms with Gasteiger partial charge in [0.2, 0.25) is 0 Å². The molecular weight excluding hydrogens is 269 g/mol. The Kier molecular flexibility index (Phi) is 4.66. The van der Waals surface area contributed by atoms with Gasteiger partial charge in [-0.3, -0.25) is 9.69 Å². The van der Waals surface area contributed by atoms with Gasteiger partial charge >= 0.3 is 0 Å². The number of benzene rings is 1. The maximum Gasteiger partial charge on any atom is 0.134 e. The first-order chi connectivity index (χ1) is 8.56. The molecule has 1 aromatic rings. The Hall–Kier alpha value is -0.570. The van der Waals surface area contributed by atoms with E-state index in [-0.39, 0.29) is 5.92 Å². The van der Waals surface area contributed by atoms with Crippen LogP contribution in [0.4, 0.5) is 0 Å². The van der Waals surface area contributed by atoms with E-state index in [1.807, 2.05) is 12.1 Å². The van der Waals surface area contributed by atoms with E-state index in [9.17, 15) is 4.79 Å². The standard InChI is InChI=1S/C14H17Cl2NO/c1-10(18)11-3-2-6-17(8-11)9-12-4-5-13(15)7-14(12)16/h4-5,7,11H,2-3,6,8-9H2,1H3. The van der Waals surface area contributed by atoms with Crippen LogP contribution in [-0.2, 0) is 11.3 Å². The van der Waals surface area contributed by atoms with Crippen LogP contribution in [0.1, 0.15) is 25.3 Å². The second-order valence-electron chi connectivity index (χ2n) is 4.92. The molecule has 1 heterocycles. The molecule has 1 aromatic carbocycles. The number of piperidine rings is 1. The fourth-order valence-electron chi connectivity index (χ4n) is 2.42. The molecule has 2 nitrogen and oxygen atoms in total. The van der Waals surface area contributed by atoms with Crippen LogP contribution >= 0.6 is 23.2 Å². The minimum Gasteiger partial charge on any atom is -0.300 e. The fourth-order valence-corrected chi connectivity index (χ4v) is 2.89. The van der Waals surface area contributed by atoms with Gasteiger partial charge in [0.15, 0.2) is 0 Å². The van der Waals surface area contributed by atoms with Crippen molar-refractivity contribution in [2.75, 3.05) is 13.1 Å². The Labute approximate surface area is 118 Å². The van der Waals surface area contributed by atoms with Crippen molar-refractivity contribution in [3.05, 3.63) is 33.8 Å². The van der Waals surface area contributed by atoms with Gasteiger partial charge in [0.05, 0.1) is 0 Å². The van der Waals surface area contributed by atoms with Crippen LogP contribution in [0.2, 0.25) is 10.0 Å². The number of halogens is 2. The van der Waals surface area contributed by atoms with Gasteiger partial charge in [0, 0.05) is 29.1 Å². The van der Waals surface area contributed by atoms with E-state index in [4.69, 9.17) is 23.2 Å². The van der Waals surface area contributed by atoms with Gasteiger partial charge in [-0.05, 0) is 44.0 Å². The minimum absolute atomic E-state index is 0.185. The second-order valence-corrected chi connectivity index (χ2v) is 5.76. The SMILES string of the molecule is CC(=O)C1CCCN(Cc2ccc(Cl)cc2Cl)C1. The fraction of sp³-hybridized carbons (Fsp3) is 0.500. The number of hydrogen-bond acceptors (Lipinski definition) is 2. The summed E-state index contributed by atoms with van der Waals surface area (Å²) in [5.74, 6) is 0.478. The minimum atomic E-state index is 0.185. The van der Waals surface area contributed by atoms with E-state index in [1.165, 1.54) is 0 Å². The summed E-state index contributed by atoms with van der Waals surface area (Å²) in [5.41, 5.74) is 1.07. The number of carbonyl (C=O) groups excluding carboxylic acids is 1. The summed E-state index contributed by atoms with van der Waals surface area (Å²) in [6.07, 6.45) is 2.09. The van der Waals surface area contributed by atoms with E-state index < -0.39 is 0 Å². The third-order valence-corrected chi connectivity index (χ3v) is 4.08. The largest absolute Gasteiger partial charge is 0.300 e. The van der Waals surface area contributed by atoms with Crippen molar-refractivity contribution in [1.82, 2.24) is 4.90 Å². The molecule has 1 fully saturated rings. The van der Waals surface area contributed by atoms with Gasteiger partial charge in [-0.1, -0.05) is 29.3 Å². The highest BCUT2D eigenvalue weighted by Gasteiger charge is 2.23. The monoisotopic (exact) mass is 285 g/mol. The molecule has 1 saturated heterocycles. The highest BCUT2D eigenvalue weighted by atomic mass is 35.5. The van der Waals surface area contributed by atoms with Gasteiger partial charge < -0.3 is 0 Å². The smallest absolute Gasteiger partial charge is 0.134 e. The van der Waals surface area contributed by atoms with Crippen molar-refractivity contribution >= 4 is 29.0 Å². The Bertz CT molecular complexity index is 447. The Balaban J connectivity index is 2.02. The molecule has 0 bridgehead atoms. The molecule has 0 amide bonds. The number of nitrogens with zero attached hydrogens (tertiary/aromatic N) is 1. The molecule has 0 aromatic heterocycles. The summed E-state index contributed by atoms with van der Waals surface area (Å²) in [6, 6.07) is 5.59. The van der Waals surface area contributed by atoms with Crippen LogP contribution < -0.4 is 0 Å². The molecule has 0 saturated carbocycles. The summed E-state index contributed by atoms with van der Waals surface area (Å²) in [5, 5.41) is 1.36. The number of carbonyl (C=O) groups is 1. The average Bonchev–Trinajstić information content (AvgIpc) is 2.33. The normalized spacial score (nSPS) is 20.9. The average molecular weight is 286 g/mol. The lowest BCUT2D eigenvalue weighted by atomic mass is 9.94. The van der Waals surface area contributed by atoms with Crippen LogP contribution in [0.5, 0.6) is 0 Å². The van der Waals surface area contributed by atoms with Crippen LogP contribution in [0, 0.1) is 5.92 Å². The molecule has 1 unspecified atom stereocenters. The quantitative estimate of drug-likeness (QED) is 0.842. The first-order valence-corrected chi connectivity index (χ1v) is 6.98. The summed E-state index contributed by atoms with van der Waals surface area (Å²) in [7, 11) is 0. The molecule has 0 spiro atoms. The lowest BCUT2D eigenvalue weighted by molar-refractivity contribution is -0.122. The lowest BCUT2D eigenvalue weighted by Gasteiger charge is -2.31. The van der Waals surface area contributed by atoms with Crippen molar-refractivity contribution in [3.63, 3.8) is 0 Å². The molecule has 98 valence electrons. The van der Waals surface area contributed by atoms with Gasteiger partial charge in [0.1, 0.15) is 5.78 Å². The number of hydrogen-bond donors (Lipinski definition) is 0. The van der Waals surface area contributed by atoms with Crippen LogP contribution in [-0.4, -0.2) is 23.8 Å². The Morgan fingerprint density at radius 1 is 1.44 bits per heavy atom. The van der Waals surface area contributed by atoms with E-state index in [0.29, 0.717) is 15.8 Å². The first kappa shape index (κ1) is 13.9. The summed E-state index contributed by atoms with van der Waals surface area (Å²) in [6.45, 7) is 4.35. The molecule has 0 aliphatic carbocycles. The predicted molar refractivity (Wildman–Crippen MR) is 75.1 cm³/mol. The summed E-state index contributed by atoms with van der Waals surface area (Å²) < 4.78 is 0. The maximum absolute atomic E-state index is 11.4. The summed E-state index contributed by atoms with van der Waals surface area (Å²) in [4.78, 5) is 13.7. The zero-order valence-corrected chi connectivity index (χ0v) is 12.0. The Morgan fingerprint density at radius 3 is 2.89 bits per heavy atom. The van der Waals surface area contributed by atoms with Crippen molar-refractivity contribution in [1.29, 1.82) is 0 Å². The van der Waals surface area contributed by atoms with E-state index >= 15 is 0 Å². The van der Waals surface area contributed by atoms with E-state index in [2.05, 4.69) is 4.90 Å². The lowest BCUT2D eigenvalue weighted by Crippen LogP contribution is -2.37. The van der Waals surface area contributed by atoms with Gasteiger partial charge in [-0.15, -0.1) is 0 Å². The Morgan fingerprint density at radius 2 is 2.22 bits per heavy atom. The highest BCUT2D eigenvalue weighted by Crippen LogP contribution is 2.25. The number of ketones is 1. The topological polar surface area (TPSA) is 20.3 Å². The third-order valence-electron chi connectivity index (χ3n) is 3.49. The molecule has 18 heavy (non-hydrogen) atoms. The molecule has 0 N–H and O–H groups in total. The third kappa shape index (κ3) is 3.47. The van der Waals surface area contributed by atoms with E-state index in [0.717, 1.165) is 38.0 Å². The van der Waals surface area contributed by atoms with E-state index in [1.54, 1.807) is 13.0 Å². The molecule has 2 rings (SSSR count). The first-order valence-electron chi connectivity index (χ1n) is 6.23. The van der Waals surface area contributed by atoms with Crippen molar-refractivity contribution < 1.29 is 4.79 Å². The molecule has 1 aliphatic heterocycles. The van der Waals surface area contributed by atoms with Crippen LogP contribution in [0.15, 0.2) is 18.2 Å². The zero-order chi connectivity index (χ0) is 13.1. The van der Waals surface area contributed by atoms with Gasteiger partial charge in [-0.25, -0.2) is 0 Å². The highest BCUT2D eigenvalue weighted by molar-refractivity contribution is 6.35. The molecule has 4 heteroatoms. The molecule has 1 aliphatic rings. The maximum atomic E-state index is 11.4. The number of Topliss-reactive ketones (excluding diaryl/α,β-unsaturated/α-hetero) is 1. The molecular formula is C14H17Cl2NO. The molecule has 1 atom stereocenters. The molecule has 0 radical (unpaired) electrons. The number of rotatable bonds is 3. The second kappa shape index (κ2) is 6.05. The van der Waals surface area contributed by atoms with Crippen molar-refractivity contribution in [3.8, 4) is 0 Å². The van der Waals surface area contributed by atoms with Crippen LogP contribution in [0.25, 0.3) is 0 Å².